The molecule has 1 aromatic rings. The summed E-state index contributed by atoms with van der Waals surface area (Å²) >= 11 is 0. The van der Waals surface area contributed by atoms with Crippen LogP contribution in [0.2, 0.25) is 0 Å². The summed E-state index contributed by atoms with van der Waals surface area (Å²) in [4.78, 5) is 21.4. The number of primary amides is 1. The Bertz CT molecular complexity index is 472. The van der Waals surface area contributed by atoms with E-state index in [1.165, 1.54) is 18.2 Å². The van der Waals surface area contributed by atoms with Gasteiger partial charge in [0.15, 0.2) is 0 Å². The van der Waals surface area contributed by atoms with Gasteiger partial charge in [0.25, 0.3) is 5.69 Å². The summed E-state index contributed by atoms with van der Waals surface area (Å²) < 4.78 is 0. The molecule has 6 heteroatoms. The lowest BCUT2D eigenvalue weighted by atomic mass is 10.1. The number of rotatable bonds is 5. The van der Waals surface area contributed by atoms with Crippen molar-refractivity contribution in [3.05, 3.63) is 33.9 Å². The molecule has 6 nitrogen and oxygen atoms in total. The van der Waals surface area contributed by atoms with Gasteiger partial charge < -0.3 is 11.1 Å². The van der Waals surface area contributed by atoms with Crippen molar-refractivity contribution in [2.24, 2.45) is 11.7 Å². The molecule has 0 saturated heterocycles. The molecule has 1 rings (SSSR count). The lowest BCUT2D eigenvalue weighted by Gasteiger charge is -2.18. The summed E-state index contributed by atoms with van der Waals surface area (Å²) in [5.74, 6) is -0.345. The fourth-order valence-electron chi connectivity index (χ4n) is 1.37. The molecule has 0 aliphatic heterocycles. The van der Waals surface area contributed by atoms with Crippen LogP contribution in [0.25, 0.3) is 0 Å². The average Bonchev–Trinajstić information content (AvgIpc) is 2.28. The predicted octanol–water partition coefficient (Wildman–Crippen LogP) is 2.15. The fraction of sp³-hybridized carbons (Fsp3) is 0.417. The van der Waals surface area contributed by atoms with E-state index in [1.54, 1.807) is 0 Å². The monoisotopic (exact) mass is 251 g/mol. The number of benzene rings is 1. The van der Waals surface area contributed by atoms with Gasteiger partial charge in [-0.2, -0.15) is 0 Å². The van der Waals surface area contributed by atoms with Crippen molar-refractivity contribution in [3.63, 3.8) is 0 Å². The third-order valence-corrected chi connectivity index (χ3v) is 2.86. The van der Waals surface area contributed by atoms with E-state index in [2.05, 4.69) is 5.32 Å². The molecule has 0 saturated carbocycles. The SMILES string of the molecule is CC(C)[C@H](C)Nc1ccc(C(N)=O)cc1[N+](=O)[O-]. The maximum atomic E-state index is 11.0. The molecule has 18 heavy (non-hydrogen) atoms. The van der Waals surface area contributed by atoms with Crippen molar-refractivity contribution in [1.29, 1.82) is 0 Å². The molecule has 0 aliphatic carbocycles. The number of nitrogens with zero attached hydrogens (tertiary/aromatic N) is 1. The first kappa shape index (κ1) is 14.0. The van der Waals surface area contributed by atoms with Crippen LogP contribution in [-0.4, -0.2) is 16.9 Å². The first-order valence-electron chi connectivity index (χ1n) is 5.67. The number of nitrogens with one attached hydrogen (secondary N) is 1. The Morgan fingerprint density at radius 1 is 1.39 bits per heavy atom. The Hall–Kier alpha value is -2.11. The van der Waals surface area contributed by atoms with Gasteiger partial charge in [0.1, 0.15) is 5.69 Å². The van der Waals surface area contributed by atoms with Crippen LogP contribution in [0.15, 0.2) is 18.2 Å². The number of nitrogens with two attached hydrogens (primary N) is 1. The lowest BCUT2D eigenvalue weighted by Crippen LogP contribution is -2.22. The summed E-state index contributed by atoms with van der Waals surface area (Å²) in [7, 11) is 0. The van der Waals surface area contributed by atoms with Gasteiger partial charge in [0, 0.05) is 17.7 Å². The normalized spacial score (nSPS) is 12.2. The molecular weight excluding hydrogens is 234 g/mol. The Morgan fingerprint density at radius 3 is 2.44 bits per heavy atom. The Kier molecular flexibility index (Phi) is 4.25. The van der Waals surface area contributed by atoms with Crippen molar-refractivity contribution in [1.82, 2.24) is 0 Å². The molecule has 0 aromatic heterocycles. The van der Waals surface area contributed by atoms with Gasteiger partial charge in [0.05, 0.1) is 4.92 Å². The highest BCUT2D eigenvalue weighted by Gasteiger charge is 2.18. The topological polar surface area (TPSA) is 98.3 Å². The minimum Gasteiger partial charge on any atom is -0.377 e. The van der Waals surface area contributed by atoms with E-state index < -0.39 is 10.8 Å². The van der Waals surface area contributed by atoms with Crippen LogP contribution in [0.3, 0.4) is 0 Å². The molecule has 0 unspecified atom stereocenters. The van der Waals surface area contributed by atoms with Crippen LogP contribution in [-0.2, 0) is 0 Å². The largest absolute Gasteiger partial charge is 0.377 e. The van der Waals surface area contributed by atoms with Crippen LogP contribution >= 0.6 is 0 Å². The number of hydrogen-bond acceptors (Lipinski definition) is 4. The highest BCUT2D eigenvalue weighted by atomic mass is 16.6. The minimum absolute atomic E-state index is 0.0862. The summed E-state index contributed by atoms with van der Waals surface area (Å²) in [5, 5.41) is 14.0. The quantitative estimate of drug-likeness (QED) is 0.618. The zero-order valence-corrected chi connectivity index (χ0v) is 10.6. The van der Waals surface area contributed by atoms with Crippen LogP contribution in [0.5, 0.6) is 0 Å². The van der Waals surface area contributed by atoms with Crippen LogP contribution < -0.4 is 11.1 Å². The first-order chi connectivity index (χ1) is 8.32. The molecule has 0 heterocycles. The smallest absolute Gasteiger partial charge is 0.293 e. The minimum atomic E-state index is -0.679. The van der Waals surface area contributed by atoms with E-state index in [-0.39, 0.29) is 17.3 Å². The van der Waals surface area contributed by atoms with Crippen molar-refractivity contribution in [2.75, 3.05) is 5.32 Å². The first-order valence-corrected chi connectivity index (χ1v) is 5.67. The van der Waals surface area contributed by atoms with E-state index in [0.29, 0.717) is 11.6 Å². The van der Waals surface area contributed by atoms with Crippen molar-refractivity contribution < 1.29 is 9.72 Å². The molecule has 0 fully saturated rings. The molecule has 98 valence electrons. The summed E-state index contributed by atoms with van der Waals surface area (Å²) in [6, 6.07) is 4.27. The van der Waals surface area contributed by atoms with Crippen LogP contribution in [0.1, 0.15) is 31.1 Å². The van der Waals surface area contributed by atoms with E-state index in [9.17, 15) is 14.9 Å². The molecule has 1 atom stereocenters. The van der Waals surface area contributed by atoms with Crippen LogP contribution in [0.4, 0.5) is 11.4 Å². The van der Waals surface area contributed by atoms with Gasteiger partial charge in [0.2, 0.25) is 5.91 Å². The Labute approximate surface area is 105 Å². The Morgan fingerprint density at radius 2 is 2.00 bits per heavy atom. The van der Waals surface area contributed by atoms with Gasteiger partial charge in [-0.1, -0.05) is 13.8 Å². The highest BCUT2D eigenvalue weighted by Crippen LogP contribution is 2.27. The lowest BCUT2D eigenvalue weighted by molar-refractivity contribution is -0.384. The fourth-order valence-corrected chi connectivity index (χ4v) is 1.37. The molecule has 0 spiro atoms. The third-order valence-electron chi connectivity index (χ3n) is 2.86. The standard InChI is InChI=1S/C12H17N3O3/c1-7(2)8(3)14-10-5-4-9(12(13)16)6-11(10)15(17)18/h4-8,14H,1-3H3,(H2,13,16)/t8-/m0/s1. The number of nitro benzene ring substituents is 1. The summed E-state index contributed by atoms with van der Waals surface area (Å²) in [6.45, 7) is 5.97. The van der Waals surface area contributed by atoms with E-state index in [1.807, 2.05) is 20.8 Å². The molecule has 0 bridgehead atoms. The zero-order valence-electron chi connectivity index (χ0n) is 10.6. The van der Waals surface area contributed by atoms with Gasteiger partial charge in [-0.05, 0) is 25.0 Å². The third kappa shape index (κ3) is 3.19. The Balaban J connectivity index is 3.12. The molecule has 1 amide bonds. The second-order valence-corrected chi connectivity index (χ2v) is 4.53. The molecule has 0 radical (unpaired) electrons. The number of carbonyl (C=O) groups excluding carboxylic acids is 1. The van der Waals surface area contributed by atoms with E-state index >= 15 is 0 Å². The van der Waals surface area contributed by atoms with Gasteiger partial charge in [-0.3, -0.25) is 14.9 Å². The van der Waals surface area contributed by atoms with Gasteiger partial charge in [-0.25, -0.2) is 0 Å². The number of hydrogen-bond donors (Lipinski definition) is 2. The van der Waals surface area contributed by atoms with Crippen LogP contribution in [0, 0.1) is 16.0 Å². The van der Waals surface area contributed by atoms with E-state index in [4.69, 9.17) is 5.73 Å². The maximum Gasteiger partial charge on any atom is 0.293 e. The second kappa shape index (κ2) is 5.48. The number of anilines is 1. The molecule has 3 N–H and O–H groups in total. The number of nitro groups is 1. The zero-order chi connectivity index (χ0) is 13.9. The molecular formula is C12H17N3O3. The van der Waals surface area contributed by atoms with Gasteiger partial charge >= 0.3 is 0 Å². The summed E-state index contributed by atoms with van der Waals surface area (Å²) in [5.41, 5.74) is 5.48. The predicted molar refractivity (Wildman–Crippen MR) is 69.5 cm³/mol. The van der Waals surface area contributed by atoms with Crippen molar-refractivity contribution >= 4 is 17.3 Å². The van der Waals surface area contributed by atoms with Gasteiger partial charge in [-0.15, -0.1) is 0 Å². The second-order valence-electron chi connectivity index (χ2n) is 4.53. The number of carbonyl (C=O) groups is 1. The molecule has 1 aromatic carbocycles. The van der Waals surface area contributed by atoms with Crippen molar-refractivity contribution in [2.45, 2.75) is 26.8 Å². The number of amides is 1. The molecule has 0 aliphatic rings. The highest BCUT2D eigenvalue weighted by molar-refractivity contribution is 5.94. The maximum absolute atomic E-state index is 11.0. The van der Waals surface area contributed by atoms with E-state index in [0.717, 1.165) is 0 Å². The summed E-state index contributed by atoms with van der Waals surface area (Å²) in [6.07, 6.45) is 0. The van der Waals surface area contributed by atoms with Crippen molar-refractivity contribution in [3.8, 4) is 0 Å². The average molecular weight is 251 g/mol.